The van der Waals surface area contributed by atoms with Crippen molar-refractivity contribution in [2.75, 3.05) is 13.2 Å². The molecule has 9 atom stereocenters. The molecule has 3 saturated heterocycles. The van der Waals surface area contributed by atoms with Gasteiger partial charge in [-0.25, -0.2) is 4.99 Å². The van der Waals surface area contributed by atoms with Crippen LogP contribution in [0.1, 0.15) is 6.92 Å². The fraction of sp³-hybridized carbons (Fsp3) is 0.923. The molecule has 4 bridgehead atoms. The van der Waals surface area contributed by atoms with Crippen LogP contribution in [0.5, 0.6) is 0 Å². The van der Waals surface area contributed by atoms with E-state index in [0.717, 1.165) is 0 Å². The Morgan fingerprint density at radius 2 is 1.96 bits per heavy atom. The van der Waals surface area contributed by atoms with Crippen LogP contribution in [0.2, 0.25) is 0 Å². The highest BCUT2D eigenvalue weighted by molar-refractivity contribution is 5.80. The van der Waals surface area contributed by atoms with Gasteiger partial charge in [-0.3, -0.25) is 0 Å². The lowest BCUT2D eigenvalue weighted by atomic mass is 9.55. The molecule has 1 aliphatic carbocycles. The van der Waals surface area contributed by atoms with Crippen molar-refractivity contribution in [3.8, 4) is 0 Å². The van der Waals surface area contributed by atoms with Crippen LogP contribution < -0.4 is 11.1 Å². The largest absolute Gasteiger partial charge is 0.393 e. The molecule has 4 fully saturated rings. The van der Waals surface area contributed by atoms with E-state index in [-0.39, 0.29) is 12.6 Å². The van der Waals surface area contributed by atoms with Crippen LogP contribution in [-0.2, 0) is 14.2 Å². The molecule has 0 aromatic heterocycles. The van der Waals surface area contributed by atoms with Crippen LogP contribution in [0.15, 0.2) is 4.99 Å². The molecule has 1 saturated carbocycles. The first-order valence-corrected chi connectivity index (χ1v) is 7.75. The van der Waals surface area contributed by atoms with E-state index in [1.807, 2.05) is 0 Å². The number of guanidine groups is 1. The van der Waals surface area contributed by atoms with Crippen LogP contribution in [-0.4, -0.2) is 92.5 Å². The van der Waals surface area contributed by atoms with Crippen LogP contribution in [0.4, 0.5) is 0 Å². The summed E-state index contributed by atoms with van der Waals surface area (Å²) in [5.41, 5.74) is 2.15. The predicted octanol–water partition coefficient (Wildman–Crippen LogP) is -4.48. The highest BCUT2D eigenvalue weighted by Crippen LogP contribution is 2.58. The molecule has 5 rings (SSSR count). The lowest BCUT2D eigenvalue weighted by molar-refractivity contribution is -0.548. The highest BCUT2D eigenvalue weighted by atomic mass is 16.9. The van der Waals surface area contributed by atoms with Crippen LogP contribution in [0.25, 0.3) is 0 Å². The molecule has 11 nitrogen and oxygen atoms in total. The van der Waals surface area contributed by atoms with Gasteiger partial charge >= 0.3 is 5.97 Å². The number of nitrogens with one attached hydrogen (secondary N) is 1. The summed E-state index contributed by atoms with van der Waals surface area (Å²) >= 11 is 0. The molecule has 1 unspecified atom stereocenters. The first-order chi connectivity index (χ1) is 11.2. The molecule has 11 heteroatoms. The van der Waals surface area contributed by atoms with E-state index in [2.05, 4.69) is 10.3 Å². The maximum absolute atomic E-state index is 10.8. The molecule has 4 aliphatic heterocycles. The Hall–Kier alpha value is -1.05. The second kappa shape index (κ2) is 4.77. The number of aliphatic hydroxyl groups is 5. The first kappa shape index (κ1) is 16.4. The Bertz CT molecular complexity index is 592. The number of aliphatic imine (C=N–C) groups is 1. The van der Waals surface area contributed by atoms with Gasteiger partial charge in [-0.15, -0.1) is 0 Å². The summed E-state index contributed by atoms with van der Waals surface area (Å²) in [6, 6.07) is 0. The predicted molar refractivity (Wildman–Crippen MR) is 75.1 cm³/mol. The molecular weight excluding hydrogens is 326 g/mol. The summed E-state index contributed by atoms with van der Waals surface area (Å²) in [5.74, 6) is -3.50. The third kappa shape index (κ3) is 1.61. The number of nitrogens with two attached hydrogens (primary N) is 1. The smallest absolute Gasteiger partial charge is 0.311 e. The fourth-order valence-electron chi connectivity index (χ4n) is 4.53. The van der Waals surface area contributed by atoms with Crippen molar-refractivity contribution in [3.05, 3.63) is 0 Å². The molecule has 4 heterocycles. The molecule has 136 valence electrons. The summed E-state index contributed by atoms with van der Waals surface area (Å²) in [6.45, 7) is 1.17. The molecule has 0 aromatic carbocycles. The highest BCUT2D eigenvalue weighted by Gasteiger charge is 2.83. The summed E-state index contributed by atoms with van der Waals surface area (Å²) in [5, 5.41) is 55.2. The third-order valence-corrected chi connectivity index (χ3v) is 5.54. The second-order valence-corrected chi connectivity index (χ2v) is 6.65. The zero-order valence-corrected chi connectivity index (χ0v) is 12.9. The van der Waals surface area contributed by atoms with E-state index in [9.17, 15) is 25.5 Å². The molecule has 0 aromatic rings. The number of aliphatic hydroxyl groups excluding tert-OH is 3. The van der Waals surface area contributed by atoms with Gasteiger partial charge in [-0.1, -0.05) is 0 Å². The van der Waals surface area contributed by atoms with E-state index >= 15 is 0 Å². The van der Waals surface area contributed by atoms with Gasteiger partial charge in [0.15, 0.2) is 18.3 Å². The molecule has 1 spiro atoms. The standard InChI is InChI=1S/C13H21N3O8/c1-2-22-8-4-6-11(20,3-17)7-5(18)12(4,16-10(14)15-8)9(19)13(21,23-6)24-7/h4-9,17-21H,2-3H2,1H3,(H3,14,15,16)/t4-,5+,6-,7-,8+,9+,11+,12?,13+/m1/s1. The van der Waals surface area contributed by atoms with Crippen molar-refractivity contribution in [2.45, 2.75) is 54.7 Å². The van der Waals surface area contributed by atoms with Crippen molar-refractivity contribution in [1.82, 2.24) is 5.32 Å². The van der Waals surface area contributed by atoms with Gasteiger partial charge in [-0.2, -0.15) is 0 Å². The van der Waals surface area contributed by atoms with Crippen molar-refractivity contribution >= 4 is 5.96 Å². The quantitative estimate of drug-likeness (QED) is 0.263. The zero-order valence-electron chi connectivity index (χ0n) is 12.9. The van der Waals surface area contributed by atoms with Gasteiger partial charge in [-0.05, 0) is 6.92 Å². The maximum atomic E-state index is 10.8. The van der Waals surface area contributed by atoms with Crippen molar-refractivity contribution < 1.29 is 39.7 Å². The molecule has 0 amide bonds. The molecule has 8 N–H and O–H groups in total. The minimum absolute atomic E-state index is 0.0964. The number of nitrogens with zero attached hydrogens (tertiary/aromatic N) is 1. The molecule has 24 heavy (non-hydrogen) atoms. The number of ether oxygens (including phenoxy) is 3. The van der Waals surface area contributed by atoms with Gasteiger partial charge in [0.05, 0.1) is 12.5 Å². The Kier molecular flexibility index (Phi) is 3.26. The van der Waals surface area contributed by atoms with Gasteiger partial charge < -0.3 is 50.8 Å². The second-order valence-electron chi connectivity index (χ2n) is 6.65. The fourth-order valence-corrected chi connectivity index (χ4v) is 4.53. The van der Waals surface area contributed by atoms with Crippen LogP contribution >= 0.6 is 0 Å². The average molecular weight is 347 g/mol. The molecule has 0 radical (unpaired) electrons. The van der Waals surface area contributed by atoms with E-state index in [1.54, 1.807) is 6.92 Å². The van der Waals surface area contributed by atoms with E-state index < -0.39 is 60.3 Å². The van der Waals surface area contributed by atoms with E-state index in [1.165, 1.54) is 0 Å². The van der Waals surface area contributed by atoms with Gasteiger partial charge in [0.25, 0.3) is 0 Å². The monoisotopic (exact) mass is 347 g/mol. The average Bonchev–Trinajstić information content (AvgIpc) is 2.53. The number of hydrogen-bond acceptors (Lipinski definition) is 11. The van der Waals surface area contributed by atoms with E-state index in [0.29, 0.717) is 0 Å². The zero-order chi connectivity index (χ0) is 17.5. The summed E-state index contributed by atoms with van der Waals surface area (Å²) in [7, 11) is 0. The Balaban J connectivity index is 1.91. The van der Waals surface area contributed by atoms with Gasteiger partial charge in [0.2, 0.25) is 0 Å². The first-order valence-electron chi connectivity index (χ1n) is 7.75. The van der Waals surface area contributed by atoms with E-state index in [4.69, 9.17) is 19.9 Å². The Morgan fingerprint density at radius 1 is 1.29 bits per heavy atom. The number of rotatable bonds is 3. The van der Waals surface area contributed by atoms with Gasteiger partial charge in [0.1, 0.15) is 29.5 Å². The van der Waals surface area contributed by atoms with Crippen molar-refractivity contribution in [2.24, 2.45) is 16.6 Å². The molecule has 5 aliphatic rings. The minimum Gasteiger partial charge on any atom is -0.393 e. The van der Waals surface area contributed by atoms with Crippen LogP contribution in [0, 0.1) is 5.92 Å². The van der Waals surface area contributed by atoms with Crippen molar-refractivity contribution in [1.29, 1.82) is 0 Å². The molecular formula is C13H21N3O8. The summed E-state index contributed by atoms with van der Waals surface area (Å²) in [6.07, 6.45) is -6.86. The summed E-state index contributed by atoms with van der Waals surface area (Å²) < 4.78 is 16.1. The maximum Gasteiger partial charge on any atom is 0.311 e. The summed E-state index contributed by atoms with van der Waals surface area (Å²) in [4.78, 5) is 4.11. The minimum atomic E-state index is -2.46. The normalized spacial score (nSPS) is 58.2. The Labute approximate surface area is 136 Å². The topological polar surface area (TPSA) is 179 Å². The van der Waals surface area contributed by atoms with Crippen molar-refractivity contribution in [3.63, 3.8) is 0 Å². The van der Waals surface area contributed by atoms with Crippen LogP contribution in [0.3, 0.4) is 0 Å². The SMILES string of the molecule is CCO[C@@H]1N=C(N)NC23[C@@H]1[C@H]1O[C@](O)(O[C@H]([C@@H]2O)[C@]1(O)CO)[C@H]3O. The lowest BCUT2D eigenvalue weighted by Gasteiger charge is -2.71. The Morgan fingerprint density at radius 3 is 2.58 bits per heavy atom. The number of hydrogen-bond donors (Lipinski definition) is 7. The third-order valence-electron chi connectivity index (χ3n) is 5.54. The lowest BCUT2D eigenvalue weighted by Crippen LogP contribution is -2.95. The van der Waals surface area contributed by atoms with Gasteiger partial charge in [0, 0.05) is 6.61 Å².